The molecule has 1 aliphatic rings. The van der Waals surface area contributed by atoms with Crippen molar-refractivity contribution in [3.05, 3.63) is 23.8 Å². The van der Waals surface area contributed by atoms with E-state index in [1.807, 2.05) is 25.1 Å². The van der Waals surface area contributed by atoms with E-state index in [9.17, 15) is 4.79 Å². The first-order valence-corrected chi connectivity index (χ1v) is 8.93. The molecule has 1 aromatic rings. The van der Waals surface area contributed by atoms with E-state index >= 15 is 0 Å². The van der Waals surface area contributed by atoms with Crippen LogP contribution >= 0.6 is 12.4 Å². The number of carbonyl (C=O) groups excluding carboxylic acids is 1. The Bertz CT molecular complexity index is 502. The van der Waals surface area contributed by atoms with Gasteiger partial charge < -0.3 is 15.4 Å². The van der Waals surface area contributed by atoms with Crippen molar-refractivity contribution >= 4 is 24.0 Å². The number of hydrogen-bond donors (Lipinski definition) is 2. The molecule has 2 rings (SSSR count). The second-order valence-electron chi connectivity index (χ2n) is 6.46. The summed E-state index contributed by atoms with van der Waals surface area (Å²) in [6, 6.07) is 5.88. The molecule has 0 saturated carbocycles. The van der Waals surface area contributed by atoms with E-state index in [0.717, 1.165) is 56.0 Å². The maximum atomic E-state index is 12.1. The number of ether oxygens (including phenoxy) is 1. The fourth-order valence-electron chi connectivity index (χ4n) is 2.92. The smallest absolute Gasteiger partial charge is 0.224 e. The Hall–Kier alpha value is -1.26. The molecule has 1 aromatic carbocycles. The topological polar surface area (TPSA) is 50.4 Å². The third kappa shape index (κ3) is 7.10. The summed E-state index contributed by atoms with van der Waals surface area (Å²) in [6.07, 6.45) is 6.17. The highest BCUT2D eigenvalue weighted by Crippen LogP contribution is 2.23. The van der Waals surface area contributed by atoms with Crippen LogP contribution in [-0.2, 0) is 4.79 Å². The number of aryl methyl sites for hydroxylation is 1. The van der Waals surface area contributed by atoms with Crippen LogP contribution < -0.4 is 15.4 Å². The largest absolute Gasteiger partial charge is 0.494 e. The number of carbonyl (C=O) groups is 1. The van der Waals surface area contributed by atoms with Gasteiger partial charge in [-0.3, -0.25) is 4.79 Å². The molecule has 0 aromatic heterocycles. The number of rotatable bonds is 8. The molecule has 136 valence electrons. The third-order valence-corrected chi connectivity index (χ3v) is 4.48. The summed E-state index contributed by atoms with van der Waals surface area (Å²) in [6.45, 7) is 7.08. The minimum Gasteiger partial charge on any atom is -0.494 e. The summed E-state index contributed by atoms with van der Waals surface area (Å²) >= 11 is 0. The van der Waals surface area contributed by atoms with Gasteiger partial charge in [-0.15, -0.1) is 12.4 Å². The second kappa shape index (κ2) is 11.3. The van der Waals surface area contributed by atoms with E-state index in [0.29, 0.717) is 12.3 Å². The van der Waals surface area contributed by atoms with Gasteiger partial charge in [-0.1, -0.05) is 13.3 Å². The highest BCUT2D eigenvalue weighted by atomic mass is 35.5. The Morgan fingerprint density at radius 2 is 2.08 bits per heavy atom. The predicted molar refractivity (Wildman–Crippen MR) is 102 cm³/mol. The van der Waals surface area contributed by atoms with E-state index in [1.165, 1.54) is 12.8 Å². The summed E-state index contributed by atoms with van der Waals surface area (Å²) in [5.41, 5.74) is 1.94. The lowest BCUT2D eigenvalue weighted by Crippen LogP contribution is -2.28. The summed E-state index contributed by atoms with van der Waals surface area (Å²) in [7, 11) is 0. The zero-order chi connectivity index (χ0) is 16.5. The monoisotopic (exact) mass is 354 g/mol. The standard InChI is InChI=1S/C19H30N2O2.ClH/c1-3-4-13-23-17-6-7-18(15(2)14-17)21-19(22)8-5-16-9-11-20-12-10-16;/h6-7,14,16,20H,3-5,8-13H2,1-2H3,(H,21,22);1H. The fourth-order valence-corrected chi connectivity index (χ4v) is 2.92. The molecule has 0 unspecified atom stereocenters. The zero-order valence-corrected chi connectivity index (χ0v) is 15.7. The van der Waals surface area contributed by atoms with Gasteiger partial charge in [-0.25, -0.2) is 0 Å². The molecule has 1 fully saturated rings. The zero-order valence-electron chi connectivity index (χ0n) is 14.9. The molecule has 0 aliphatic carbocycles. The van der Waals surface area contributed by atoms with Crippen molar-refractivity contribution in [2.24, 2.45) is 5.92 Å². The first-order valence-electron chi connectivity index (χ1n) is 8.93. The second-order valence-corrected chi connectivity index (χ2v) is 6.46. The molecule has 0 radical (unpaired) electrons. The Morgan fingerprint density at radius 1 is 1.33 bits per heavy atom. The van der Waals surface area contributed by atoms with Crippen LogP contribution in [0.5, 0.6) is 5.75 Å². The van der Waals surface area contributed by atoms with Crippen molar-refractivity contribution in [3.8, 4) is 5.75 Å². The molecule has 1 heterocycles. The number of benzene rings is 1. The van der Waals surface area contributed by atoms with Gasteiger partial charge in [0.25, 0.3) is 0 Å². The molecular formula is C19H31ClN2O2. The van der Waals surface area contributed by atoms with Crippen molar-refractivity contribution in [3.63, 3.8) is 0 Å². The van der Waals surface area contributed by atoms with Crippen LogP contribution in [0.4, 0.5) is 5.69 Å². The van der Waals surface area contributed by atoms with E-state index in [-0.39, 0.29) is 18.3 Å². The Labute approximate surface area is 152 Å². The predicted octanol–water partition coefficient (Wildman–Crippen LogP) is 4.31. The van der Waals surface area contributed by atoms with Crippen LogP contribution in [0.1, 0.15) is 51.0 Å². The molecule has 0 spiro atoms. The molecule has 2 N–H and O–H groups in total. The number of halogens is 1. The van der Waals surface area contributed by atoms with E-state index in [4.69, 9.17) is 4.74 Å². The van der Waals surface area contributed by atoms with Gasteiger partial charge in [-0.05, 0) is 75.4 Å². The summed E-state index contributed by atoms with van der Waals surface area (Å²) in [5, 5.41) is 6.39. The molecule has 4 nitrogen and oxygen atoms in total. The molecule has 1 saturated heterocycles. The Kier molecular flexibility index (Phi) is 9.80. The lowest BCUT2D eigenvalue weighted by atomic mass is 9.93. The van der Waals surface area contributed by atoms with Crippen molar-refractivity contribution in [1.29, 1.82) is 0 Å². The van der Waals surface area contributed by atoms with Crippen LogP contribution in [0.15, 0.2) is 18.2 Å². The number of piperidine rings is 1. The van der Waals surface area contributed by atoms with Gasteiger partial charge in [0.15, 0.2) is 0 Å². The number of hydrogen-bond acceptors (Lipinski definition) is 3. The molecule has 24 heavy (non-hydrogen) atoms. The molecule has 5 heteroatoms. The van der Waals surface area contributed by atoms with Crippen LogP contribution in [0.2, 0.25) is 0 Å². The first kappa shape index (κ1) is 20.8. The van der Waals surface area contributed by atoms with Crippen LogP contribution in [0, 0.1) is 12.8 Å². The third-order valence-electron chi connectivity index (χ3n) is 4.48. The van der Waals surface area contributed by atoms with E-state index in [2.05, 4.69) is 17.6 Å². The van der Waals surface area contributed by atoms with Crippen molar-refractivity contribution in [2.75, 3.05) is 25.0 Å². The maximum Gasteiger partial charge on any atom is 0.224 e. The average Bonchev–Trinajstić information content (AvgIpc) is 2.57. The van der Waals surface area contributed by atoms with Gasteiger partial charge >= 0.3 is 0 Å². The number of unbranched alkanes of at least 4 members (excludes halogenated alkanes) is 1. The molecule has 0 bridgehead atoms. The number of amides is 1. The number of nitrogens with one attached hydrogen (secondary N) is 2. The SMILES string of the molecule is CCCCOc1ccc(NC(=O)CCC2CCNCC2)c(C)c1.Cl. The fraction of sp³-hybridized carbons (Fsp3) is 0.632. The summed E-state index contributed by atoms with van der Waals surface area (Å²) < 4.78 is 5.70. The average molecular weight is 355 g/mol. The van der Waals surface area contributed by atoms with Crippen molar-refractivity contribution in [1.82, 2.24) is 5.32 Å². The molecular weight excluding hydrogens is 324 g/mol. The highest BCUT2D eigenvalue weighted by molar-refractivity contribution is 5.91. The summed E-state index contributed by atoms with van der Waals surface area (Å²) in [5.74, 6) is 1.69. The number of anilines is 1. The van der Waals surface area contributed by atoms with Crippen LogP contribution in [-0.4, -0.2) is 25.6 Å². The van der Waals surface area contributed by atoms with Crippen LogP contribution in [0.25, 0.3) is 0 Å². The van der Waals surface area contributed by atoms with Crippen molar-refractivity contribution < 1.29 is 9.53 Å². The van der Waals surface area contributed by atoms with Gasteiger partial charge in [0.05, 0.1) is 6.61 Å². The van der Waals surface area contributed by atoms with Crippen LogP contribution in [0.3, 0.4) is 0 Å². The molecule has 1 aliphatic heterocycles. The lowest BCUT2D eigenvalue weighted by Gasteiger charge is -2.22. The lowest BCUT2D eigenvalue weighted by molar-refractivity contribution is -0.116. The molecule has 1 amide bonds. The first-order chi connectivity index (χ1) is 11.2. The Balaban J connectivity index is 0.00000288. The summed E-state index contributed by atoms with van der Waals surface area (Å²) in [4.78, 5) is 12.1. The van der Waals surface area contributed by atoms with Gasteiger partial charge in [-0.2, -0.15) is 0 Å². The van der Waals surface area contributed by atoms with E-state index < -0.39 is 0 Å². The quantitative estimate of drug-likeness (QED) is 0.684. The van der Waals surface area contributed by atoms with Gasteiger partial charge in [0.2, 0.25) is 5.91 Å². The minimum absolute atomic E-state index is 0. The van der Waals surface area contributed by atoms with Gasteiger partial charge in [0, 0.05) is 12.1 Å². The maximum absolute atomic E-state index is 12.1. The van der Waals surface area contributed by atoms with E-state index in [1.54, 1.807) is 0 Å². The van der Waals surface area contributed by atoms with Gasteiger partial charge in [0.1, 0.15) is 5.75 Å². The van der Waals surface area contributed by atoms with Crippen molar-refractivity contribution in [2.45, 2.75) is 52.4 Å². The Morgan fingerprint density at radius 3 is 2.75 bits per heavy atom. The normalized spacial score (nSPS) is 14.8. The highest BCUT2D eigenvalue weighted by Gasteiger charge is 2.15. The molecule has 0 atom stereocenters. The minimum atomic E-state index is 0.